The molecule has 0 saturated carbocycles. The first-order chi connectivity index (χ1) is 16.5. The van der Waals surface area contributed by atoms with Gasteiger partial charge in [-0.05, 0) is 37.0 Å². The monoisotopic (exact) mass is 456 g/mol. The fraction of sp³-hybridized carbons (Fsp3) is 0.333. The van der Waals surface area contributed by atoms with Crippen molar-refractivity contribution in [1.82, 2.24) is 10.2 Å². The number of amides is 2. The molecule has 0 aromatic heterocycles. The second kappa shape index (κ2) is 12.7. The average molecular weight is 457 g/mol. The van der Waals surface area contributed by atoms with Crippen LogP contribution in [0.3, 0.4) is 0 Å². The van der Waals surface area contributed by atoms with Crippen LogP contribution >= 0.6 is 0 Å². The van der Waals surface area contributed by atoms with Gasteiger partial charge >= 0.3 is 0 Å². The molecular formula is C30H36N2O2. The zero-order valence-electron chi connectivity index (χ0n) is 20.6. The largest absolute Gasteiger partial charge is 0.354 e. The summed E-state index contributed by atoms with van der Waals surface area (Å²) in [7, 11) is 0. The summed E-state index contributed by atoms with van der Waals surface area (Å²) in [5.74, 6) is -0.138. The molecule has 3 aromatic carbocycles. The molecule has 0 aliphatic heterocycles. The summed E-state index contributed by atoms with van der Waals surface area (Å²) >= 11 is 0. The minimum absolute atomic E-state index is 0.0429. The lowest BCUT2D eigenvalue weighted by atomic mass is 10.0. The minimum atomic E-state index is -0.586. The number of rotatable bonds is 11. The Morgan fingerprint density at radius 1 is 0.824 bits per heavy atom. The van der Waals surface area contributed by atoms with Crippen LogP contribution in [0, 0.1) is 13.8 Å². The quantitative estimate of drug-likeness (QED) is 0.393. The Morgan fingerprint density at radius 2 is 1.44 bits per heavy atom. The number of hydrogen-bond donors (Lipinski definition) is 1. The van der Waals surface area contributed by atoms with E-state index >= 15 is 0 Å². The molecule has 0 radical (unpaired) electrons. The molecule has 178 valence electrons. The zero-order valence-corrected chi connectivity index (χ0v) is 20.6. The second-order valence-electron chi connectivity index (χ2n) is 9.03. The van der Waals surface area contributed by atoms with Gasteiger partial charge in [-0.3, -0.25) is 9.59 Å². The highest BCUT2D eigenvalue weighted by Gasteiger charge is 2.30. The number of hydrogen-bond acceptors (Lipinski definition) is 2. The average Bonchev–Trinajstić information content (AvgIpc) is 2.82. The highest BCUT2D eigenvalue weighted by Crippen LogP contribution is 2.18. The van der Waals surface area contributed by atoms with Crippen LogP contribution in [0.1, 0.15) is 47.6 Å². The van der Waals surface area contributed by atoms with Crippen molar-refractivity contribution in [2.24, 2.45) is 0 Å². The van der Waals surface area contributed by atoms with Crippen molar-refractivity contribution in [2.75, 3.05) is 6.54 Å². The standard InChI is InChI=1S/C30H36N2O2/c1-4-5-17-31-30(34)28(20-25-13-7-6-8-14-25)32(22-27-16-10-12-24(3)19-27)29(33)21-26-15-9-11-23(2)18-26/h6-16,18-19,28H,4-5,17,20-22H2,1-3H3,(H,31,34)/t28-/m1/s1. The lowest BCUT2D eigenvalue weighted by molar-refractivity contribution is -0.140. The molecule has 34 heavy (non-hydrogen) atoms. The number of nitrogens with one attached hydrogen (secondary N) is 1. The molecule has 2 amide bonds. The van der Waals surface area contributed by atoms with E-state index < -0.39 is 6.04 Å². The van der Waals surface area contributed by atoms with E-state index in [-0.39, 0.29) is 18.2 Å². The van der Waals surface area contributed by atoms with Gasteiger partial charge in [0.05, 0.1) is 6.42 Å². The van der Waals surface area contributed by atoms with Crippen LogP contribution in [-0.4, -0.2) is 29.3 Å². The maximum absolute atomic E-state index is 13.7. The summed E-state index contributed by atoms with van der Waals surface area (Å²) in [6, 6.07) is 25.5. The van der Waals surface area contributed by atoms with Crippen molar-refractivity contribution in [3.63, 3.8) is 0 Å². The normalized spacial score (nSPS) is 11.6. The van der Waals surface area contributed by atoms with Crippen LogP contribution in [0.4, 0.5) is 0 Å². The molecule has 4 nitrogen and oxygen atoms in total. The van der Waals surface area contributed by atoms with Gasteiger partial charge in [0, 0.05) is 19.5 Å². The molecule has 3 rings (SSSR count). The van der Waals surface area contributed by atoms with E-state index in [1.54, 1.807) is 4.90 Å². The summed E-state index contributed by atoms with van der Waals surface area (Å²) in [4.78, 5) is 28.9. The molecule has 0 fully saturated rings. The first kappa shape index (κ1) is 25.2. The van der Waals surface area contributed by atoms with Crippen molar-refractivity contribution in [3.8, 4) is 0 Å². The predicted octanol–water partition coefficient (Wildman–Crippen LogP) is 5.40. The van der Waals surface area contributed by atoms with Gasteiger partial charge < -0.3 is 10.2 Å². The van der Waals surface area contributed by atoms with Gasteiger partial charge in [0.2, 0.25) is 11.8 Å². The van der Waals surface area contributed by atoms with Gasteiger partial charge in [-0.2, -0.15) is 0 Å². The third kappa shape index (κ3) is 7.58. The summed E-state index contributed by atoms with van der Waals surface area (Å²) in [5.41, 5.74) is 5.28. The van der Waals surface area contributed by atoms with Gasteiger partial charge in [0.1, 0.15) is 6.04 Å². The Hall–Kier alpha value is -3.40. The highest BCUT2D eigenvalue weighted by atomic mass is 16.2. The molecule has 4 heteroatoms. The van der Waals surface area contributed by atoms with Crippen LogP contribution in [0.5, 0.6) is 0 Å². The van der Waals surface area contributed by atoms with E-state index in [9.17, 15) is 9.59 Å². The lowest BCUT2D eigenvalue weighted by Gasteiger charge is -2.32. The van der Waals surface area contributed by atoms with Gasteiger partial charge in [-0.15, -0.1) is 0 Å². The fourth-order valence-electron chi connectivity index (χ4n) is 4.17. The second-order valence-corrected chi connectivity index (χ2v) is 9.03. The maximum Gasteiger partial charge on any atom is 0.243 e. The number of unbranched alkanes of at least 4 members (excludes halogenated alkanes) is 1. The number of nitrogens with zero attached hydrogens (tertiary/aromatic N) is 1. The van der Waals surface area contributed by atoms with Gasteiger partial charge in [-0.25, -0.2) is 0 Å². The molecule has 0 spiro atoms. The summed E-state index contributed by atoms with van der Waals surface area (Å²) in [6.07, 6.45) is 2.66. The van der Waals surface area contributed by atoms with Crippen LogP contribution in [-0.2, 0) is 29.0 Å². The number of benzene rings is 3. The highest BCUT2D eigenvalue weighted by molar-refractivity contribution is 5.88. The van der Waals surface area contributed by atoms with Crippen molar-refractivity contribution >= 4 is 11.8 Å². The van der Waals surface area contributed by atoms with Crippen molar-refractivity contribution in [2.45, 2.75) is 59.0 Å². The molecule has 0 aliphatic carbocycles. The molecule has 0 heterocycles. The number of aryl methyl sites for hydroxylation is 2. The topological polar surface area (TPSA) is 49.4 Å². The lowest BCUT2D eigenvalue weighted by Crippen LogP contribution is -2.51. The smallest absolute Gasteiger partial charge is 0.243 e. The Kier molecular flexibility index (Phi) is 9.45. The molecule has 1 atom stereocenters. The van der Waals surface area contributed by atoms with Crippen molar-refractivity contribution < 1.29 is 9.59 Å². The molecule has 3 aromatic rings. The molecule has 1 N–H and O–H groups in total. The first-order valence-electron chi connectivity index (χ1n) is 12.2. The van der Waals surface area contributed by atoms with Crippen LogP contribution in [0.2, 0.25) is 0 Å². The number of carbonyl (C=O) groups excluding carboxylic acids is 2. The minimum Gasteiger partial charge on any atom is -0.354 e. The fourth-order valence-corrected chi connectivity index (χ4v) is 4.17. The first-order valence-corrected chi connectivity index (χ1v) is 12.2. The van der Waals surface area contributed by atoms with E-state index in [2.05, 4.69) is 18.3 Å². The van der Waals surface area contributed by atoms with Crippen LogP contribution in [0.15, 0.2) is 78.9 Å². The van der Waals surface area contributed by atoms with Crippen molar-refractivity contribution in [1.29, 1.82) is 0 Å². The Bertz CT molecular complexity index is 1080. The summed E-state index contributed by atoms with van der Waals surface area (Å²) < 4.78 is 0. The molecule has 0 saturated heterocycles. The van der Waals surface area contributed by atoms with E-state index in [1.165, 1.54) is 0 Å². The molecule has 0 unspecified atom stereocenters. The SMILES string of the molecule is CCCCNC(=O)[C@@H](Cc1ccccc1)N(Cc1cccc(C)c1)C(=O)Cc1cccc(C)c1. The molecule has 0 bridgehead atoms. The van der Waals surface area contributed by atoms with Gasteiger partial charge in [0.25, 0.3) is 0 Å². The maximum atomic E-state index is 13.7. The van der Waals surface area contributed by atoms with E-state index in [1.807, 2.05) is 86.6 Å². The van der Waals surface area contributed by atoms with Gasteiger partial charge in [-0.1, -0.05) is 103 Å². The third-order valence-electron chi connectivity index (χ3n) is 5.97. The Morgan fingerprint density at radius 3 is 2.09 bits per heavy atom. The van der Waals surface area contributed by atoms with Gasteiger partial charge in [0.15, 0.2) is 0 Å². The van der Waals surface area contributed by atoms with E-state index in [0.717, 1.165) is 40.7 Å². The molecular weight excluding hydrogens is 420 g/mol. The molecule has 0 aliphatic rings. The van der Waals surface area contributed by atoms with Crippen LogP contribution < -0.4 is 5.32 Å². The van der Waals surface area contributed by atoms with Crippen LogP contribution in [0.25, 0.3) is 0 Å². The van der Waals surface area contributed by atoms with E-state index in [0.29, 0.717) is 19.5 Å². The Labute approximate surface area is 204 Å². The predicted molar refractivity (Wildman–Crippen MR) is 138 cm³/mol. The number of carbonyl (C=O) groups is 2. The Balaban J connectivity index is 1.94. The van der Waals surface area contributed by atoms with Crippen molar-refractivity contribution in [3.05, 3.63) is 107 Å². The summed E-state index contributed by atoms with van der Waals surface area (Å²) in [6.45, 7) is 7.18. The summed E-state index contributed by atoms with van der Waals surface area (Å²) in [5, 5.41) is 3.08. The third-order valence-corrected chi connectivity index (χ3v) is 5.97. The van der Waals surface area contributed by atoms with E-state index in [4.69, 9.17) is 0 Å². The zero-order chi connectivity index (χ0) is 24.3.